The van der Waals surface area contributed by atoms with Crippen molar-refractivity contribution in [1.82, 2.24) is 5.32 Å². The van der Waals surface area contributed by atoms with Crippen LogP contribution in [0, 0.1) is 16.0 Å². The lowest BCUT2D eigenvalue weighted by Crippen LogP contribution is -2.35. The number of hydrogen-bond acceptors (Lipinski definition) is 4. The second-order valence-corrected chi connectivity index (χ2v) is 5.10. The van der Waals surface area contributed by atoms with E-state index in [1.54, 1.807) is 6.07 Å². The minimum Gasteiger partial charge on any atom is -0.487 e. The summed E-state index contributed by atoms with van der Waals surface area (Å²) >= 11 is 0. The van der Waals surface area contributed by atoms with E-state index in [1.807, 2.05) is 13.0 Å². The molecule has 5 nitrogen and oxygen atoms in total. The van der Waals surface area contributed by atoms with Crippen molar-refractivity contribution in [3.05, 3.63) is 33.9 Å². The Labute approximate surface area is 120 Å². The van der Waals surface area contributed by atoms with Gasteiger partial charge in [0.25, 0.3) is 0 Å². The highest BCUT2D eigenvalue weighted by Gasteiger charge is 2.18. The lowest BCUT2D eigenvalue weighted by atomic mass is 9.96. The Kier molecular flexibility index (Phi) is 6.45. The molecule has 1 N–H and O–H groups in total. The predicted octanol–water partition coefficient (Wildman–Crippen LogP) is 3.17. The van der Waals surface area contributed by atoms with Crippen molar-refractivity contribution in [1.29, 1.82) is 0 Å². The van der Waals surface area contributed by atoms with Crippen LogP contribution in [0.15, 0.2) is 18.2 Å². The lowest BCUT2D eigenvalue weighted by molar-refractivity contribution is -0.385. The zero-order chi connectivity index (χ0) is 15.1. The van der Waals surface area contributed by atoms with Crippen molar-refractivity contribution in [3.8, 4) is 5.75 Å². The molecule has 0 spiro atoms. The van der Waals surface area contributed by atoms with E-state index >= 15 is 0 Å². The van der Waals surface area contributed by atoms with Crippen LogP contribution in [0.4, 0.5) is 5.69 Å². The zero-order valence-corrected chi connectivity index (χ0v) is 12.7. The molecule has 5 heteroatoms. The molecule has 0 saturated heterocycles. The molecule has 0 fully saturated rings. The van der Waals surface area contributed by atoms with E-state index in [-0.39, 0.29) is 5.69 Å². The molecule has 0 saturated carbocycles. The molecule has 0 heterocycles. The van der Waals surface area contributed by atoms with Crippen LogP contribution < -0.4 is 10.1 Å². The van der Waals surface area contributed by atoms with Gasteiger partial charge >= 0.3 is 5.69 Å². The molecule has 0 amide bonds. The third-order valence-corrected chi connectivity index (χ3v) is 3.25. The molecule has 0 aromatic heterocycles. The number of nitrogens with zero attached hydrogens (tertiary/aromatic N) is 1. The van der Waals surface area contributed by atoms with Gasteiger partial charge in [-0.3, -0.25) is 10.1 Å². The van der Waals surface area contributed by atoms with E-state index in [2.05, 4.69) is 26.1 Å². The van der Waals surface area contributed by atoms with Crippen molar-refractivity contribution in [3.63, 3.8) is 0 Å². The third kappa shape index (κ3) is 4.49. The molecule has 1 aromatic carbocycles. The maximum absolute atomic E-state index is 11.0. The van der Waals surface area contributed by atoms with Gasteiger partial charge < -0.3 is 10.1 Å². The van der Waals surface area contributed by atoms with Gasteiger partial charge in [0.1, 0.15) is 0 Å². The number of nitro groups is 1. The number of nitrogens with one attached hydrogen (secondary N) is 1. The van der Waals surface area contributed by atoms with Gasteiger partial charge in [-0.2, -0.15) is 0 Å². The van der Waals surface area contributed by atoms with Gasteiger partial charge in [0.2, 0.25) is 0 Å². The van der Waals surface area contributed by atoms with Crippen LogP contribution in [0.1, 0.15) is 33.3 Å². The molecule has 1 atom stereocenters. The Bertz CT molecular complexity index is 447. The van der Waals surface area contributed by atoms with E-state index in [0.29, 0.717) is 24.3 Å². The van der Waals surface area contributed by atoms with Crippen LogP contribution in [0.5, 0.6) is 5.75 Å². The fourth-order valence-corrected chi connectivity index (χ4v) is 2.17. The second kappa shape index (κ2) is 7.85. The normalized spacial score (nSPS) is 12.4. The van der Waals surface area contributed by atoms with E-state index in [1.165, 1.54) is 6.07 Å². The first-order valence-electron chi connectivity index (χ1n) is 7.13. The van der Waals surface area contributed by atoms with Gasteiger partial charge in [0, 0.05) is 12.1 Å². The van der Waals surface area contributed by atoms with Crippen LogP contribution >= 0.6 is 0 Å². The number of nitro benzene ring substituents is 1. The molecule has 1 unspecified atom stereocenters. The van der Waals surface area contributed by atoms with Crippen LogP contribution in [0.2, 0.25) is 0 Å². The van der Waals surface area contributed by atoms with Gasteiger partial charge in [-0.05, 0) is 37.4 Å². The molecular weight excluding hydrogens is 256 g/mol. The number of likely N-dealkylation sites (N-methyl/N-ethyl adjacent to an activating group) is 1. The third-order valence-electron chi connectivity index (χ3n) is 3.25. The smallest absolute Gasteiger partial charge is 0.310 e. The highest BCUT2D eigenvalue weighted by atomic mass is 16.6. The topological polar surface area (TPSA) is 64.4 Å². The Morgan fingerprint density at radius 3 is 2.55 bits per heavy atom. The van der Waals surface area contributed by atoms with Crippen molar-refractivity contribution >= 4 is 5.69 Å². The Balaban J connectivity index is 2.95. The molecule has 20 heavy (non-hydrogen) atoms. The Hall–Kier alpha value is -1.62. The quantitative estimate of drug-likeness (QED) is 0.587. The monoisotopic (exact) mass is 280 g/mol. The van der Waals surface area contributed by atoms with Gasteiger partial charge in [-0.25, -0.2) is 0 Å². The summed E-state index contributed by atoms with van der Waals surface area (Å²) < 4.78 is 5.38. The van der Waals surface area contributed by atoms with Crippen molar-refractivity contribution < 1.29 is 9.66 Å². The van der Waals surface area contributed by atoms with Gasteiger partial charge in [0.15, 0.2) is 5.75 Å². The summed E-state index contributed by atoms with van der Waals surface area (Å²) in [7, 11) is 0. The van der Waals surface area contributed by atoms with Crippen molar-refractivity contribution in [2.45, 2.75) is 40.2 Å². The Morgan fingerprint density at radius 2 is 2.05 bits per heavy atom. The highest BCUT2D eigenvalue weighted by molar-refractivity contribution is 5.48. The number of rotatable bonds is 8. The van der Waals surface area contributed by atoms with Gasteiger partial charge in [-0.15, -0.1) is 0 Å². The van der Waals surface area contributed by atoms with Crippen LogP contribution in [-0.4, -0.2) is 24.1 Å². The largest absolute Gasteiger partial charge is 0.487 e. The average molecular weight is 280 g/mol. The molecular formula is C15H24N2O3. The molecule has 0 bridgehead atoms. The molecule has 0 aliphatic heterocycles. The van der Waals surface area contributed by atoms with E-state index in [4.69, 9.17) is 4.74 Å². The van der Waals surface area contributed by atoms with Crippen molar-refractivity contribution in [2.24, 2.45) is 5.92 Å². The van der Waals surface area contributed by atoms with Crippen LogP contribution in [0.3, 0.4) is 0 Å². The summed E-state index contributed by atoms with van der Waals surface area (Å²) in [6.07, 6.45) is 0.837. The SMILES string of the molecule is CCNC(Cc1ccc([N+](=O)[O-])c(OCC)c1)C(C)C. The number of ether oxygens (including phenoxy) is 1. The molecule has 0 radical (unpaired) electrons. The minimum absolute atomic E-state index is 0.0279. The summed E-state index contributed by atoms with van der Waals surface area (Å²) in [6, 6.07) is 5.49. The van der Waals surface area contributed by atoms with Gasteiger partial charge in [-0.1, -0.05) is 26.8 Å². The zero-order valence-electron chi connectivity index (χ0n) is 12.7. The summed E-state index contributed by atoms with van der Waals surface area (Å²) in [5, 5.41) is 14.4. The van der Waals surface area contributed by atoms with Gasteiger partial charge in [0.05, 0.1) is 11.5 Å². The first-order chi connectivity index (χ1) is 9.49. The maximum Gasteiger partial charge on any atom is 0.310 e. The first-order valence-corrected chi connectivity index (χ1v) is 7.13. The van der Waals surface area contributed by atoms with E-state index in [0.717, 1.165) is 18.5 Å². The standard InChI is InChI=1S/C15H24N2O3/c1-5-16-13(11(3)4)9-12-7-8-14(17(18)19)15(10-12)20-6-2/h7-8,10-11,13,16H,5-6,9H2,1-4H3. The molecule has 112 valence electrons. The average Bonchev–Trinajstić information content (AvgIpc) is 2.38. The summed E-state index contributed by atoms with van der Waals surface area (Å²) in [5.74, 6) is 0.856. The minimum atomic E-state index is -0.404. The van der Waals surface area contributed by atoms with Crippen LogP contribution in [-0.2, 0) is 6.42 Å². The summed E-state index contributed by atoms with van der Waals surface area (Å²) in [4.78, 5) is 10.6. The predicted molar refractivity (Wildman–Crippen MR) is 80.3 cm³/mol. The fourth-order valence-electron chi connectivity index (χ4n) is 2.17. The Morgan fingerprint density at radius 1 is 1.35 bits per heavy atom. The molecule has 0 aliphatic carbocycles. The summed E-state index contributed by atoms with van der Waals surface area (Å²) in [6.45, 7) is 9.58. The summed E-state index contributed by atoms with van der Waals surface area (Å²) in [5.41, 5.74) is 1.08. The first kappa shape index (κ1) is 16.4. The van der Waals surface area contributed by atoms with Crippen molar-refractivity contribution in [2.75, 3.05) is 13.2 Å². The fraction of sp³-hybridized carbons (Fsp3) is 0.600. The van der Waals surface area contributed by atoms with Crippen LogP contribution in [0.25, 0.3) is 0 Å². The maximum atomic E-state index is 11.0. The van der Waals surface area contributed by atoms with E-state index < -0.39 is 4.92 Å². The molecule has 1 rings (SSSR count). The molecule has 0 aliphatic rings. The second-order valence-electron chi connectivity index (χ2n) is 5.10. The number of hydrogen-bond donors (Lipinski definition) is 1. The number of benzene rings is 1. The highest BCUT2D eigenvalue weighted by Crippen LogP contribution is 2.28. The van der Waals surface area contributed by atoms with E-state index in [9.17, 15) is 10.1 Å². The lowest BCUT2D eigenvalue weighted by Gasteiger charge is -2.22. The molecule has 1 aromatic rings.